The van der Waals surface area contributed by atoms with Gasteiger partial charge in [-0.15, -0.1) is 0 Å². The summed E-state index contributed by atoms with van der Waals surface area (Å²) in [7, 11) is -4.38. The molecule has 3 heterocycles. The molecule has 14 heteroatoms. The highest BCUT2D eigenvalue weighted by molar-refractivity contribution is 7.90. The van der Waals surface area contributed by atoms with Gasteiger partial charge in [-0.2, -0.15) is 0 Å². The third-order valence-corrected chi connectivity index (χ3v) is 9.38. The molecule has 1 aromatic rings. The van der Waals surface area contributed by atoms with Gasteiger partial charge >= 0.3 is 6.09 Å². The number of sulfonamides is 1. The number of ether oxygens (including phenoxy) is 1. The monoisotopic (exact) mass is 623 g/mol. The number of nitrogens with one attached hydrogen (secondary N) is 3. The van der Waals surface area contributed by atoms with Gasteiger partial charge in [0.25, 0.3) is 15.9 Å². The fourth-order valence-electron chi connectivity index (χ4n) is 5.37. The van der Waals surface area contributed by atoms with E-state index in [9.17, 15) is 27.6 Å². The molecule has 12 nitrogen and oxygen atoms in total. The van der Waals surface area contributed by atoms with Gasteiger partial charge in [0, 0.05) is 24.9 Å². The highest BCUT2D eigenvalue weighted by atomic mass is 35.5. The normalized spacial score (nSPS) is 27.8. The summed E-state index contributed by atoms with van der Waals surface area (Å²) in [4.78, 5) is 58.2. The van der Waals surface area contributed by atoms with Gasteiger partial charge in [-0.1, -0.05) is 36.6 Å². The van der Waals surface area contributed by atoms with Crippen LogP contribution < -0.4 is 15.4 Å². The maximum Gasteiger partial charge on any atom is 0.408 e. The summed E-state index contributed by atoms with van der Waals surface area (Å²) >= 11 is 6.04. The predicted octanol–water partition coefficient (Wildman–Crippen LogP) is 2.82. The molecule has 230 valence electrons. The lowest BCUT2D eigenvalue weighted by Crippen LogP contribution is -2.58. The van der Waals surface area contributed by atoms with Crippen LogP contribution in [0.3, 0.4) is 0 Å². The molecule has 4 amide bonds. The molecule has 4 atom stereocenters. The van der Waals surface area contributed by atoms with E-state index in [0.717, 1.165) is 19.0 Å². The number of pyridine rings is 1. The van der Waals surface area contributed by atoms with E-state index < -0.39 is 63.0 Å². The Morgan fingerprint density at radius 3 is 2.64 bits per heavy atom. The summed E-state index contributed by atoms with van der Waals surface area (Å²) in [5.74, 6) is -2.28. The standard InChI is InChI=1S/C28H38ClN5O7S/c1-27(2,3)41-26(38)31-20-11-8-6-4-5-7-10-18-16-28(18,32-23(35)21-12-9-15-34(21)24(20)36)25(37)33-42(39,40)22-17-30-14-13-19(22)29/h7,10,13-14,17-18,20-21H,4-6,8-9,11-12,15-16H2,1-3H3,(H,31,38)(H,32,35)(H,33,37)/b10-7-. The van der Waals surface area contributed by atoms with E-state index in [-0.39, 0.29) is 16.3 Å². The summed E-state index contributed by atoms with van der Waals surface area (Å²) in [6.45, 7) is 5.49. The Hall–Kier alpha value is -3.19. The molecular weight excluding hydrogens is 586 g/mol. The molecule has 1 aliphatic carbocycles. The first-order valence-corrected chi connectivity index (χ1v) is 16.0. The Kier molecular flexibility index (Phi) is 9.51. The number of allylic oxidation sites excluding steroid dienone is 1. The maximum atomic E-state index is 13.7. The molecule has 1 saturated heterocycles. The third kappa shape index (κ3) is 7.41. The van der Waals surface area contributed by atoms with Crippen LogP contribution in [0.25, 0.3) is 0 Å². The van der Waals surface area contributed by atoms with Crippen LogP contribution in [0, 0.1) is 5.92 Å². The number of aromatic nitrogens is 1. The second kappa shape index (κ2) is 12.6. The van der Waals surface area contributed by atoms with Crippen molar-refractivity contribution in [2.75, 3.05) is 6.54 Å². The molecule has 4 rings (SSSR count). The van der Waals surface area contributed by atoms with Crippen LogP contribution in [0.15, 0.2) is 35.5 Å². The van der Waals surface area contributed by atoms with Crippen molar-refractivity contribution in [1.29, 1.82) is 0 Å². The number of carbonyl (C=O) groups excluding carboxylic acids is 4. The zero-order chi connectivity index (χ0) is 30.7. The molecule has 2 aliphatic heterocycles. The summed E-state index contributed by atoms with van der Waals surface area (Å²) in [6, 6.07) is -0.469. The fourth-order valence-corrected chi connectivity index (χ4v) is 6.84. The van der Waals surface area contributed by atoms with Gasteiger partial charge in [0.2, 0.25) is 11.8 Å². The molecule has 2 fully saturated rings. The second-order valence-electron chi connectivity index (χ2n) is 12.0. The van der Waals surface area contributed by atoms with Gasteiger partial charge < -0.3 is 20.3 Å². The highest BCUT2D eigenvalue weighted by Crippen LogP contribution is 2.46. The van der Waals surface area contributed by atoms with E-state index in [1.807, 2.05) is 12.2 Å². The van der Waals surface area contributed by atoms with Gasteiger partial charge in [0.15, 0.2) is 0 Å². The lowest BCUT2D eigenvalue weighted by molar-refractivity contribution is -0.141. The third-order valence-electron chi connectivity index (χ3n) is 7.58. The SMILES string of the molecule is CC(C)(C)OC(=O)NC1CCCCC/C=C\C2CC2(C(=O)NS(=O)(=O)c2cnccc2Cl)NC(=O)C2CCCN2C1=O. The predicted molar refractivity (Wildman–Crippen MR) is 154 cm³/mol. The topological polar surface area (TPSA) is 164 Å². The largest absolute Gasteiger partial charge is 0.444 e. The minimum absolute atomic E-state index is 0.101. The van der Waals surface area contributed by atoms with Gasteiger partial charge in [-0.05, 0) is 65.4 Å². The number of fused-ring (bicyclic) bond motifs is 2. The van der Waals surface area contributed by atoms with Crippen LogP contribution in [0.5, 0.6) is 0 Å². The van der Waals surface area contributed by atoms with E-state index in [4.69, 9.17) is 16.3 Å². The number of hydrogen-bond donors (Lipinski definition) is 3. The van der Waals surface area contributed by atoms with Crippen LogP contribution >= 0.6 is 11.6 Å². The maximum absolute atomic E-state index is 13.7. The molecule has 0 radical (unpaired) electrons. The lowest BCUT2D eigenvalue weighted by atomic mass is 10.0. The Balaban J connectivity index is 1.57. The minimum atomic E-state index is -4.38. The summed E-state index contributed by atoms with van der Waals surface area (Å²) in [5, 5.41) is 5.37. The van der Waals surface area contributed by atoms with Crippen LogP contribution in [0.4, 0.5) is 4.79 Å². The van der Waals surface area contributed by atoms with Gasteiger partial charge in [-0.25, -0.2) is 17.9 Å². The van der Waals surface area contributed by atoms with E-state index in [1.54, 1.807) is 20.8 Å². The molecule has 3 N–H and O–H groups in total. The fraction of sp³-hybridized carbons (Fsp3) is 0.607. The summed E-state index contributed by atoms with van der Waals surface area (Å²) < 4.78 is 33.4. The van der Waals surface area contributed by atoms with E-state index in [1.165, 1.54) is 17.2 Å². The first-order chi connectivity index (χ1) is 19.7. The van der Waals surface area contributed by atoms with Gasteiger partial charge in [-0.3, -0.25) is 19.4 Å². The minimum Gasteiger partial charge on any atom is -0.444 e. The second-order valence-corrected chi connectivity index (χ2v) is 14.0. The average Bonchev–Trinajstić information content (AvgIpc) is 3.35. The highest BCUT2D eigenvalue weighted by Gasteiger charge is 2.61. The number of carbonyl (C=O) groups is 4. The first kappa shape index (κ1) is 31.7. The summed E-state index contributed by atoms with van der Waals surface area (Å²) in [5.41, 5.74) is -2.26. The Bertz CT molecular complexity index is 1360. The molecule has 42 heavy (non-hydrogen) atoms. The van der Waals surface area contributed by atoms with Crippen molar-refractivity contribution in [2.45, 2.75) is 100 Å². The van der Waals surface area contributed by atoms with E-state index >= 15 is 0 Å². The number of hydrogen-bond acceptors (Lipinski definition) is 8. The van der Waals surface area contributed by atoms with Crippen molar-refractivity contribution in [3.63, 3.8) is 0 Å². The number of alkyl carbamates (subject to hydrolysis) is 1. The van der Waals surface area contributed by atoms with Gasteiger partial charge in [0.1, 0.15) is 28.1 Å². The smallest absolute Gasteiger partial charge is 0.408 e. The van der Waals surface area contributed by atoms with Crippen LogP contribution in [0.2, 0.25) is 5.02 Å². The van der Waals surface area contributed by atoms with Crippen molar-refractivity contribution < 1.29 is 32.3 Å². The molecule has 0 aromatic carbocycles. The molecule has 1 aromatic heterocycles. The van der Waals surface area contributed by atoms with Crippen molar-refractivity contribution in [1.82, 2.24) is 25.2 Å². The van der Waals surface area contributed by atoms with Crippen molar-refractivity contribution in [3.05, 3.63) is 35.6 Å². The quantitative estimate of drug-likeness (QED) is 0.431. The molecule has 0 bridgehead atoms. The van der Waals surface area contributed by atoms with E-state index in [0.29, 0.717) is 38.6 Å². The number of amides is 4. The van der Waals surface area contributed by atoms with Crippen LogP contribution in [0.1, 0.15) is 72.1 Å². The first-order valence-electron chi connectivity index (χ1n) is 14.2. The molecule has 4 unspecified atom stereocenters. The average molecular weight is 624 g/mol. The van der Waals surface area contributed by atoms with Crippen molar-refractivity contribution in [2.24, 2.45) is 5.92 Å². The molecule has 0 spiro atoms. The van der Waals surface area contributed by atoms with Crippen molar-refractivity contribution >= 4 is 45.4 Å². The molecule has 1 saturated carbocycles. The number of rotatable bonds is 4. The molecule has 3 aliphatic rings. The number of halogens is 1. The zero-order valence-corrected chi connectivity index (χ0v) is 25.6. The lowest BCUT2D eigenvalue weighted by Gasteiger charge is -2.30. The van der Waals surface area contributed by atoms with E-state index in [2.05, 4.69) is 20.3 Å². The number of nitrogens with zero attached hydrogens (tertiary/aromatic N) is 2. The zero-order valence-electron chi connectivity index (χ0n) is 24.0. The molecular formula is C28H38ClN5O7S. The Morgan fingerprint density at radius 1 is 1.17 bits per heavy atom. The summed E-state index contributed by atoms with van der Waals surface area (Å²) in [6.07, 6.45) is 9.86. The Morgan fingerprint density at radius 2 is 1.93 bits per heavy atom. The van der Waals surface area contributed by atoms with Crippen LogP contribution in [-0.4, -0.2) is 71.9 Å². The Labute approximate surface area is 251 Å². The van der Waals surface area contributed by atoms with Crippen LogP contribution in [-0.2, 0) is 29.1 Å². The van der Waals surface area contributed by atoms with Gasteiger partial charge in [0.05, 0.1) is 5.02 Å². The van der Waals surface area contributed by atoms with Crippen molar-refractivity contribution in [3.8, 4) is 0 Å².